The van der Waals surface area contributed by atoms with Crippen LogP contribution < -0.4 is 15.4 Å². The van der Waals surface area contributed by atoms with Crippen LogP contribution in [0, 0.1) is 0 Å². The van der Waals surface area contributed by atoms with Crippen LogP contribution >= 0.6 is 12.4 Å². The van der Waals surface area contributed by atoms with Crippen LogP contribution in [0.25, 0.3) is 0 Å². The fourth-order valence-electron chi connectivity index (χ4n) is 3.16. The molecular weight excluding hydrogens is 394 g/mol. The fraction of sp³-hybridized carbons (Fsp3) is 0.286. The van der Waals surface area contributed by atoms with Crippen LogP contribution in [0.5, 0.6) is 5.75 Å². The van der Waals surface area contributed by atoms with E-state index in [-0.39, 0.29) is 36.7 Å². The molecule has 0 spiro atoms. The fourth-order valence-corrected chi connectivity index (χ4v) is 3.16. The standard InChI is InChI=1S/C21H23N3O4.ClH/c1-22-10-5-11-23-19(25)17-12-14(8-9-18(17)28-2)13-24-20(26)15-6-3-4-7-16(15)21(24)27;/h3-4,6-9,12,22H,5,10-11,13H2,1-2H3,(H,23,25);1H. The number of hydrogen-bond donors (Lipinski definition) is 2. The second-order valence-electron chi connectivity index (χ2n) is 6.49. The van der Waals surface area contributed by atoms with Crippen molar-refractivity contribution in [1.82, 2.24) is 15.5 Å². The highest BCUT2D eigenvalue weighted by Crippen LogP contribution is 2.26. The first-order chi connectivity index (χ1) is 13.6. The average molecular weight is 418 g/mol. The van der Waals surface area contributed by atoms with Gasteiger partial charge in [0.15, 0.2) is 0 Å². The third kappa shape index (κ3) is 4.75. The van der Waals surface area contributed by atoms with E-state index in [1.54, 1.807) is 42.5 Å². The molecule has 0 unspecified atom stereocenters. The summed E-state index contributed by atoms with van der Waals surface area (Å²) in [6.45, 7) is 1.43. The van der Waals surface area contributed by atoms with Gasteiger partial charge >= 0.3 is 0 Å². The largest absolute Gasteiger partial charge is 0.496 e. The SMILES string of the molecule is CNCCCNC(=O)c1cc(CN2C(=O)c3ccccc3C2=O)ccc1OC.Cl. The smallest absolute Gasteiger partial charge is 0.261 e. The lowest BCUT2D eigenvalue weighted by Crippen LogP contribution is -2.30. The summed E-state index contributed by atoms with van der Waals surface area (Å²) in [6, 6.07) is 11.8. The number of halogens is 1. The first-order valence-electron chi connectivity index (χ1n) is 9.11. The summed E-state index contributed by atoms with van der Waals surface area (Å²) in [5, 5.41) is 5.88. The Balaban J connectivity index is 0.00000300. The highest BCUT2D eigenvalue weighted by atomic mass is 35.5. The van der Waals surface area contributed by atoms with Crippen molar-refractivity contribution in [3.05, 3.63) is 64.7 Å². The molecule has 7 nitrogen and oxygen atoms in total. The number of carbonyl (C=O) groups excluding carboxylic acids is 3. The van der Waals surface area contributed by atoms with Crippen molar-refractivity contribution in [3.8, 4) is 5.75 Å². The number of ether oxygens (including phenoxy) is 1. The highest BCUT2D eigenvalue weighted by Gasteiger charge is 2.35. The van der Waals surface area contributed by atoms with Gasteiger partial charge in [-0.25, -0.2) is 0 Å². The summed E-state index contributed by atoms with van der Waals surface area (Å²) in [7, 11) is 3.35. The number of nitrogens with one attached hydrogen (secondary N) is 2. The first-order valence-corrected chi connectivity index (χ1v) is 9.11. The molecule has 8 heteroatoms. The number of hydrogen-bond acceptors (Lipinski definition) is 5. The summed E-state index contributed by atoms with van der Waals surface area (Å²) < 4.78 is 5.29. The molecule has 2 aromatic rings. The Morgan fingerprint density at radius 2 is 1.69 bits per heavy atom. The number of rotatable bonds is 8. The molecule has 154 valence electrons. The van der Waals surface area contributed by atoms with Crippen LogP contribution in [0.2, 0.25) is 0 Å². The lowest BCUT2D eigenvalue weighted by molar-refractivity contribution is 0.0642. The van der Waals surface area contributed by atoms with Gasteiger partial charge in [-0.1, -0.05) is 18.2 Å². The minimum atomic E-state index is -0.325. The lowest BCUT2D eigenvalue weighted by Gasteiger charge is -2.16. The number of imide groups is 1. The summed E-state index contributed by atoms with van der Waals surface area (Å²) in [5.74, 6) is -0.460. The van der Waals surface area contributed by atoms with Crippen molar-refractivity contribution >= 4 is 30.1 Å². The molecule has 0 radical (unpaired) electrons. The van der Waals surface area contributed by atoms with E-state index in [0.717, 1.165) is 13.0 Å². The minimum absolute atomic E-state index is 0. The van der Waals surface area contributed by atoms with E-state index >= 15 is 0 Å². The molecule has 0 bridgehead atoms. The number of amides is 3. The van der Waals surface area contributed by atoms with Gasteiger partial charge in [0.25, 0.3) is 17.7 Å². The number of methoxy groups -OCH3 is 1. The topological polar surface area (TPSA) is 87.7 Å². The third-order valence-electron chi connectivity index (χ3n) is 4.62. The van der Waals surface area contributed by atoms with Crippen molar-refractivity contribution in [3.63, 3.8) is 0 Å². The van der Waals surface area contributed by atoms with E-state index in [4.69, 9.17) is 4.74 Å². The zero-order valence-electron chi connectivity index (χ0n) is 16.4. The van der Waals surface area contributed by atoms with Crippen LogP contribution in [0.15, 0.2) is 42.5 Å². The summed E-state index contributed by atoms with van der Waals surface area (Å²) in [4.78, 5) is 38.8. The number of benzene rings is 2. The van der Waals surface area contributed by atoms with Crippen molar-refractivity contribution in [1.29, 1.82) is 0 Å². The van der Waals surface area contributed by atoms with Crippen LogP contribution in [-0.4, -0.2) is 49.9 Å². The lowest BCUT2D eigenvalue weighted by atomic mass is 10.1. The predicted octanol–water partition coefficient (Wildman–Crippen LogP) is 2.25. The normalized spacial score (nSPS) is 12.4. The van der Waals surface area contributed by atoms with Crippen LogP contribution in [0.3, 0.4) is 0 Å². The maximum Gasteiger partial charge on any atom is 0.261 e. The quantitative estimate of drug-likeness (QED) is 0.508. The molecule has 0 aromatic heterocycles. The zero-order valence-corrected chi connectivity index (χ0v) is 17.2. The summed E-state index contributed by atoms with van der Waals surface area (Å²) in [5.41, 5.74) is 1.86. The predicted molar refractivity (Wildman–Crippen MR) is 112 cm³/mol. The molecule has 2 aromatic carbocycles. The monoisotopic (exact) mass is 417 g/mol. The number of carbonyl (C=O) groups is 3. The maximum atomic E-state index is 12.6. The molecule has 0 atom stereocenters. The Bertz CT molecular complexity index is 882. The summed E-state index contributed by atoms with van der Waals surface area (Å²) >= 11 is 0. The average Bonchev–Trinajstić information content (AvgIpc) is 2.96. The number of fused-ring (bicyclic) bond motifs is 1. The molecular formula is C21H24ClN3O4. The second kappa shape index (κ2) is 10.0. The molecule has 3 amide bonds. The van der Waals surface area contributed by atoms with Crippen LogP contribution in [0.4, 0.5) is 0 Å². The molecule has 0 saturated heterocycles. The molecule has 0 saturated carbocycles. The molecule has 1 aliphatic rings. The van der Waals surface area contributed by atoms with E-state index < -0.39 is 0 Å². The van der Waals surface area contributed by atoms with E-state index in [9.17, 15) is 14.4 Å². The Morgan fingerprint density at radius 3 is 2.28 bits per heavy atom. The minimum Gasteiger partial charge on any atom is -0.496 e. The van der Waals surface area contributed by atoms with Crippen molar-refractivity contribution in [2.24, 2.45) is 0 Å². The Hall–Kier alpha value is -2.90. The van der Waals surface area contributed by atoms with Gasteiger partial charge in [0, 0.05) is 6.54 Å². The molecule has 0 fully saturated rings. The van der Waals surface area contributed by atoms with Crippen molar-refractivity contribution < 1.29 is 19.1 Å². The van der Waals surface area contributed by atoms with Gasteiger partial charge in [0.2, 0.25) is 0 Å². The molecule has 29 heavy (non-hydrogen) atoms. The summed E-state index contributed by atoms with van der Waals surface area (Å²) in [6.07, 6.45) is 0.805. The van der Waals surface area contributed by atoms with E-state index in [0.29, 0.717) is 34.5 Å². The van der Waals surface area contributed by atoms with E-state index in [1.165, 1.54) is 12.0 Å². The van der Waals surface area contributed by atoms with Gasteiger partial charge in [0.1, 0.15) is 5.75 Å². The van der Waals surface area contributed by atoms with Gasteiger partial charge in [-0.15, -0.1) is 12.4 Å². The van der Waals surface area contributed by atoms with Crippen LogP contribution in [0.1, 0.15) is 43.1 Å². The van der Waals surface area contributed by atoms with Crippen molar-refractivity contribution in [2.45, 2.75) is 13.0 Å². The molecule has 1 aliphatic heterocycles. The van der Waals surface area contributed by atoms with Gasteiger partial charge in [-0.05, 0) is 49.8 Å². The van der Waals surface area contributed by atoms with Gasteiger partial charge in [-0.2, -0.15) is 0 Å². The van der Waals surface area contributed by atoms with E-state index in [2.05, 4.69) is 10.6 Å². The van der Waals surface area contributed by atoms with Crippen LogP contribution in [-0.2, 0) is 6.54 Å². The Labute approximate surface area is 175 Å². The highest BCUT2D eigenvalue weighted by molar-refractivity contribution is 6.21. The maximum absolute atomic E-state index is 12.6. The molecule has 3 rings (SSSR count). The Kier molecular flexibility index (Phi) is 7.75. The van der Waals surface area contributed by atoms with Gasteiger partial charge in [-0.3, -0.25) is 19.3 Å². The van der Waals surface area contributed by atoms with Gasteiger partial charge < -0.3 is 15.4 Å². The third-order valence-corrected chi connectivity index (χ3v) is 4.62. The Morgan fingerprint density at radius 1 is 1.03 bits per heavy atom. The first kappa shape index (κ1) is 22.4. The second-order valence-corrected chi connectivity index (χ2v) is 6.49. The van der Waals surface area contributed by atoms with Gasteiger partial charge in [0.05, 0.1) is 30.3 Å². The molecule has 1 heterocycles. The molecule has 0 aliphatic carbocycles. The number of nitrogens with zero attached hydrogens (tertiary/aromatic N) is 1. The van der Waals surface area contributed by atoms with E-state index in [1.807, 2.05) is 7.05 Å². The zero-order chi connectivity index (χ0) is 20.1. The van der Waals surface area contributed by atoms with Crippen molar-refractivity contribution in [2.75, 3.05) is 27.2 Å². The molecule has 2 N–H and O–H groups in total.